The molecular weight excluding hydrogens is 318 g/mol. The van der Waals surface area contributed by atoms with Crippen LogP contribution in [0, 0.1) is 0 Å². The van der Waals surface area contributed by atoms with Gasteiger partial charge in [-0.25, -0.2) is 0 Å². The fourth-order valence-corrected chi connectivity index (χ4v) is 2.80. The van der Waals surface area contributed by atoms with Gasteiger partial charge in [-0.05, 0) is 37.2 Å². The van der Waals surface area contributed by atoms with Crippen molar-refractivity contribution in [3.05, 3.63) is 47.5 Å². The molecule has 0 saturated heterocycles. The fraction of sp³-hybridized carbons (Fsp3) is 0.400. The van der Waals surface area contributed by atoms with E-state index in [0.29, 0.717) is 0 Å². The highest BCUT2D eigenvalue weighted by Gasteiger charge is 2.12. The first kappa shape index (κ1) is 18.9. The Morgan fingerprint density at radius 2 is 1.52 bits per heavy atom. The molecule has 2 aromatic carbocycles. The molecule has 0 aliphatic rings. The summed E-state index contributed by atoms with van der Waals surface area (Å²) in [6.07, 6.45) is 0.920. The van der Waals surface area contributed by atoms with E-state index in [2.05, 4.69) is 24.1 Å². The van der Waals surface area contributed by atoms with Gasteiger partial charge < -0.3 is 23.8 Å². The predicted molar refractivity (Wildman–Crippen MR) is 99.1 cm³/mol. The maximum absolute atomic E-state index is 5.50. The van der Waals surface area contributed by atoms with Gasteiger partial charge >= 0.3 is 0 Å². The standard InChI is InChI=1S/C20H27NO4/c1-21(14-16-7-6-8-18(23-3)20(16)25-5)12-11-15-9-10-17(22-2)19(13-15)24-4/h6-10,13H,11-12,14H2,1-5H3. The number of benzene rings is 2. The van der Waals surface area contributed by atoms with E-state index in [9.17, 15) is 0 Å². The molecule has 0 unspecified atom stereocenters. The van der Waals surface area contributed by atoms with E-state index in [1.807, 2.05) is 24.3 Å². The maximum atomic E-state index is 5.50. The van der Waals surface area contributed by atoms with E-state index in [1.165, 1.54) is 5.56 Å². The van der Waals surface area contributed by atoms with Gasteiger partial charge in [0, 0.05) is 18.7 Å². The minimum atomic E-state index is 0.751. The van der Waals surface area contributed by atoms with Gasteiger partial charge in [0.25, 0.3) is 0 Å². The third-order valence-electron chi connectivity index (χ3n) is 4.15. The first-order valence-corrected chi connectivity index (χ1v) is 8.22. The zero-order chi connectivity index (χ0) is 18.2. The normalized spacial score (nSPS) is 10.6. The van der Waals surface area contributed by atoms with Gasteiger partial charge in [-0.1, -0.05) is 18.2 Å². The molecule has 0 N–H and O–H groups in total. The van der Waals surface area contributed by atoms with Crippen LogP contribution in [0.15, 0.2) is 36.4 Å². The molecule has 5 nitrogen and oxygen atoms in total. The Hall–Kier alpha value is -2.40. The molecule has 0 spiro atoms. The monoisotopic (exact) mass is 345 g/mol. The van der Waals surface area contributed by atoms with Crippen LogP contribution in [0.4, 0.5) is 0 Å². The van der Waals surface area contributed by atoms with Crippen LogP contribution in [0.1, 0.15) is 11.1 Å². The number of nitrogens with zero attached hydrogens (tertiary/aromatic N) is 1. The van der Waals surface area contributed by atoms with E-state index in [1.54, 1.807) is 28.4 Å². The lowest BCUT2D eigenvalue weighted by Gasteiger charge is -2.20. The predicted octanol–water partition coefficient (Wildman–Crippen LogP) is 3.40. The quantitative estimate of drug-likeness (QED) is 0.697. The molecule has 0 amide bonds. The van der Waals surface area contributed by atoms with Crippen molar-refractivity contribution < 1.29 is 18.9 Å². The van der Waals surface area contributed by atoms with Crippen LogP contribution in [-0.4, -0.2) is 46.9 Å². The fourth-order valence-electron chi connectivity index (χ4n) is 2.80. The molecule has 0 radical (unpaired) electrons. The van der Waals surface area contributed by atoms with Crippen molar-refractivity contribution in [2.75, 3.05) is 42.0 Å². The van der Waals surface area contributed by atoms with Gasteiger partial charge in [0.1, 0.15) is 0 Å². The second-order valence-corrected chi connectivity index (χ2v) is 5.83. The number of ether oxygens (including phenoxy) is 4. The Morgan fingerprint density at radius 1 is 0.800 bits per heavy atom. The summed E-state index contributed by atoms with van der Waals surface area (Å²) in [5.41, 5.74) is 2.32. The van der Waals surface area contributed by atoms with Crippen LogP contribution >= 0.6 is 0 Å². The summed E-state index contributed by atoms with van der Waals surface area (Å²) in [5.74, 6) is 3.06. The van der Waals surface area contributed by atoms with Crippen molar-refractivity contribution >= 4 is 0 Å². The summed E-state index contributed by atoms with van der Waals surface area (Å²) < 4.78 is 21.5. The lowest BCUT2D eigenvalue weighted by Crippen LogP contribution is -2.21. The Kier molecular flexibility index (Phi) is 6.95. The third kappa shape index (κ3) is 4.79. The summed E-state index contributed by atoms with van der Waals surface area (Å²) in [6, 6.07) is 12.0. The molecule has 0 heterocycles. The zero-order valence-electron chi connectivity index (χ0n) is 15.7. The molecule has 0 bridgehead atoms. The van der Waals surface area contributed by atoms with E-state index in [-0.39, 0.29) is 0 Å². The molecule has 0 fully saturated rings. The van der Waals surface area contributed by atoms with Crippen molar-refractivity contribution in [2.45, 2.75) is 13.0 Å². The first-order chi connectivity index (χ1) is 12.1. The molecule has 0 atom stereocenters. The lowest BCUT2D eigenvalue weighted by atomic mass is 10.1. The van der Waals surface area contributed by atoms with Gasteiger partial charge in [-0.3, -0.25) is 0 Å². The Balaban J connectivity index is 2.01. The van der Waals surface area contributed by atoms with Gasteiger partial charge in [-0.15, -0.1) is 0 Å². The average Bonchev–Trinajstić information content (AvgIpc) is 2.65. The molecule has 0 saturated carbocycles. The Labute approximate surface area is 150 Å². The summed E-state index contributed by atoms with van der Waals surface area (Å²) in [5, 5.41) is 0. The highest BCUT2D eigenvalue weighted by atomic mass is 16.5. The van der Waals surface area contributed by atoms with E-state index >= 15 is 0 Å². The number of hydrogen-bond donors (Lipinski definition) is 0. The zero-order valence-corrected chi connectivity index (χ0v) is 15.7. The second kappa shape index (κ2) is 9.18. The van der Waals surface area contributed by atoms with Crippen molar-refractivity contribution in [3.63, 3.8) is 0 Å². The summed E-state index contributed by atoms with van der Waals surface area (Å²) in [6.45, 7) is 1.70. The average molecular weight is 345 g/mol. The maximum Gasteiger partial charge on any atom is 0.165 e. The summed E-state index contributed by atoms with van der Waals surface area (Å²) in [7, 11) is 8.72. The molecule has 136 valence electrons. The number of likely N-dealkylation sites (N-methyl/N-ethyl adjacent to an activating group) is 1. The van der Waals surface area contributed by atoms with E-state index in [4.69, 9.17) is 18.9 Å². The van der Waals surface area contributed by atoms with Crippen molar-refractivity contribution in [2.24, 2.45) is 0 Å². The number of para-hydroxylation sites is 1. The minimum Gasteiger partial charge on any atom is -0.493 e. The van der Waals surface area contributed by atoms with Crippen molar-refractivity contribution in [1.29, 1.82) is 0 Å². The number of rotatable bonds is 9. The van der Waals surface area contributed by atoms with Gasteiger partial charge in [0.2, 0.25) is 0 Å². The molecular formula is C20H27NO4. The Bertz CT molecular complexity index is 687. The number of hydrogen-bond acceptors (Lipinski definition) is 5. The van der Waals surface area contributed by atoms with Crippen LogP contribution in [0.2, 0.25) is 0 Å². The highest BCUT2D eigenvalue weighted by Crippen LogP contribution is 2.31. The second-order valence-electron chi connectivity index (χ2n) is 5.83. The van der Waals surface area contributed by atoms with Crippen LogP contribution in [-0.2, 0) is 13.0 Å². The summed E-state index contributed by atoms with van der Waals surface area (Å²) in [4.78, 5) is 2.26. The molecule has 0 aromatic heterocycles. The summed E-state index contributed by atoms with van der Waals surface area (Å²) >= 11 is 0. The molecule has 2 aromatic rings. The third-order valence-corrected chi connectivity index (χ3v) is 4.15. The topological polar surface area (TPSA) is 40.2 Å². The van der Waals surface area contributed by atoms with Crippen molar-refractivity contribution in [1.82, 2.24) is 4.90 Å². The van der Waals surface area contributed by atoms with Crippen LogP contribution < -0.4 is 18.9 Å². The van der Waals surface area contributed by atoms with Gasteiger partial charge in [-0.2, -0.15) is 0 Å². The number of methoxy groups -OCH3 is 4. The minimum absolute atomic E-state index is 0.751. The smallest absolute Gasteiger partial charge is 0.165 e. The SMILES string of the molecule is COc1ccc(CCN(C)Cc2cccc(OC)c2OC)cc1OC. The lowest BCUT2D eigenvalue weighted by molar-refractivity contribution is 0.311. The Morgan fingerprint density at radius 3 is 2.16 bits per heavy atom. The van der Waals surface area contributed by atoms with Gasteiger partial charge in [0.15, 0.2) is 23.0 Å². The van der Waals surface area contributed by atoms with Crippen LogP contribution in [0.25, 0.3) is 0 Å². The van der Waals surface area contributed by atoms with Gasteiger partial charge in [0.05, 0.1) is 28.4 Å². The van der Waals surface area contributed by atoms with E-state index < -0.39 is 0 Å². The van der Waals surface area contributed by atoms with E-state index in [0.717, 1.165) is 48.1 Å². The molecule has 5 heteroatoms. The van der Waals surface area contributed by atoms with Crippen LogP contribution in [0.5, 0.6) is 23.0 Å². The van der Waals surface area contributed by atoms with Crippen LogP contribution in [0.3, 0.4) is 0 Å². The van der Waals surface area contributed by atoms with Crippen molar-refractivity contribution in [3.8, 4) is 23.0 Å². The largest absolute Gasteiger partial charge is 0.493 e. The molecule has 0 aliphatic carbocycles. The highest BCUT2D eigenvalue weighted by molar-refractivity contribution is 5.46. The first-order valence-electron chi connectivity index (χ1n) is 8.22. The molecule has 0 aliphatic heterocycles. The molecule has 25 heavy (non-hydrogen) atoms. The molecule has 2 rings (SSSR count).